The third-order valence-corrected chi connectivity index (χ3v) is 5.00. The molecule has 0 amide bonds. The zero-order valence-corrected chi connectivity index (χ0v) is 19.6. The summed E-state index contributed by atoms with van der Waals surface area (Å²) in [7, 11) is 0. The van der Waals surface area contributed by atoms with Crippen LogP contribution in [0.5, 0.6) is 46.0 Å². The lowest BCUT2D eigenvalue weighted by Crippen LogP contribution is -2.34. The van der Waals surface area contributed by atoms with E-state index in [4.69, 9.17) is 23.7 Å². The van der Waals surface area contributed by atoms with Gasteiger partial charge in [0, 0.05) is 0 Å². The zero-order chi connectivity index (χ0) is 26.0. The SMILES string of the molecule is Oc1ccccc1OC(COCC(Oc1ccccc1O)Oc1ccccc1O)Oc1ccccc1O. The molecule has 9 nitrogen and oxygen atoms in total. The van der Waals surface area contributed by atoms with Crippen molar-refractivity contribution in [2.45, 2.75) is 12.6 Å². The van der Waals surface area contributed by atoms with Crippen molar-refractivity contribution in [3.8, 4) is 46.0 Å². The van der Waals surface area contributed by atoms with Crippen LogP contribution < -0.4 is 18.9 Å². The summed E-state index contributed by atoms with van der Waals surface area (Å²) in [5.41, 5.74) is 0. The molecule has 0 aliphatic carbocycles. The minimum atomic E-state index is -1.09. The van der Waals surface area contributed by atoms with Gasteiger partial charge in [-0.3, -0.25) is 0 Å². The number of hydrogen-bond acceptors (Lipinski definition) is 9. The fourth-order valence-corrected chi connectivity index (χ4v) is 3.24. The second-order valence-electron chi connectivity index (χ2n) is 7.74. The molecule has 0 aromatic heterocycles. The predicted molar refractivity (Wildman–Crippen MR) is 133 cm³/mol. The van der Waals surface area contributed by atoms with Gasteiger partial charge in [0.15, 0.2) is 46.0 Å². The topological polar surface area (TPSA) is 127 Å². The van der Waals surface area contributed by atoms with Crippen LogP contribution in [0.25, 0.3) is 0 Å². The van der Waals surface area contributed by atoms with E-state index in [1.807, 2.05) is 0 Å². The average molecular weight is 507 g/mol. The normalized spacial score (nSPS) is 10.9. The van der Waals surface area contributed by atoms with E-state index < -0.39 is 12.6 Å². The molecule has 0 unspecified atom stereocenters. The monoisotopic (exact) mass is 506 g/mol. The number of ether oxygens (including phenoxy) is 5. The number of rotatable bonds is 12. The maximum Gasteiger partial charge on any atom is 0.264 e. The lowest BCUT2D eigenvalue weighted by atomic mass is 10.3. The molecule has 4 aromatic carbocycles. The van der Waals surface area contributed by atoms with Crippen LogP contribution in [0, 0.1) is 0 Å². The van der Waals surface area contributed by atoms with Crippen molar-refractivity contribution in [1.82, 2.24) is 0 Å². The standard InChI is InChI=1S/C28H26O9/c29-19-9-1-5-13-23(19)34-27(35-24-14-6-2-10-20(24)30)17-33-18-28(36-25-15-7-3-11-21(25)31)37-26-16-8-4-12-22(26)32/h1-16,27-32H,17-18H2. The van der Waals surface area contributed by atoms with Crippen LogP contribution in [0.1, 0.15) is 0 Å². The number of aromatic hydroxyl groups is 4. The molecule has 4 N–H and O–H groups in total. The Kier molecular flexibility index (Phi) is 8.41. The first-order valence-electron chi connectivity index (χ1n) is 11.4. The Morgan fingerprint density at radius 2 is 0.649 bits per heavy atom. The second kappa shape index (κ2) is 12.3. The third-order valence-electron chi connectivity index (χ3n) is 5.00. The van der Waals surface area contributed by atoms with Gasteiger partial charge in [0.25, 0.3) is 12.6 Å². The van der Waals surface area contributed by atoms with Gasteiger partial charge >= 0.3 is 0 Å². The zero-order valence-electron chi connectivity index (χ0n) is 19.6. The Labute approximate surface area is 213 Å². The second-order valence-corrected chi connectivity index (χ2v) is 7.74. The third kappa shape index (κ3) is 7.12. The van der Waals surface area contributed by atoms with Gasteiger partial charge in [0.05, 0.1) is 0 Å². The first-order chi connectivity index (χ1) is 18.0. The van der Waals surface area contributed by atoms with Crippen LogP contribution in [0.15, 0.2) is 97.1 Å². The average Bonchev–Trinajstić information content (AvgIpc) is 2.89. The highest BCUT2D eigenvalue weighted by Gasteiger charge is 2.21. The molecule has 0 fully saturated rings. The van der Waals surface area contributed by atoms with Gasteiger partial charge in [-0.15, -0.1) is 0 Å². The number of para-hydroxylation sites is 8. The van der Waals surface area contributed by atoms with Crippen molar-refractivity contribution < 1.29 is 44.1 Å². The Hall–Kier alpha value is -4.76. The number of hydrogen-bond donors (Lipinski definition) is 4. The van der Waals surface area contributed by atoms with Gasteiger partial charge in [-0.05, 0) is 48.5 Å². The summed E-state index contributed by atoms with van der Waals surface area (Å²) in [6, 6.07) is 25.4. The molecule has 0 aliphatic heterocycles. The van der Waals surface area contributed by atoms with Gasteiger partial charge in [-0.1, -0.05) is 48.5 Å². The Bertz CT molecular complexity index is 1100. The fourth-order valence-electron chi connectivity index (χ4n) is 3.24. The summed E-state index contributed by atoms with van der Waals surface area (Å²) in [5.74, 6) is 0.207. The van der Waals surface area contributed by atoms with Gasteiger partial charge in [0.1, 0.15) is 13.2 Å². The van der Waals surface area contributed by atoms with Crippen LogP contribution in [0.2, 0.25) is 0 Å². The van der Waals surface area contributed by atoms with Crippen molar-refractivity contribution >= 4 is 0 Å². The van der Waals surface area contributed by atoms with Crippen molar-refractivity contribution in [3.05, 3.63) is 97.1 Å². The van der Waals surface area contributed by atoms with Crippen molar-refractivity contribution in [2.75, 3.05) is 13.2 Å². The Balaban J connectivity index is 1.48. The molecular weight excluding hydrogens is 480 g/mol. The largest absolute Gasteiger partial charge is 0.504 e. The molecule has 4 aromatic rings. The Morgan fingerprint density at radius 3 is 0.892 bits per heavy atom. The fraction of sp³-hybridized carbons (Fsp3) is 0.143. The summed E-state index contributed by atoms with van der Waals surface area (Å²) in [6.45, 7) is -0.346. The first-order valence-corrected chi connectivity index (χ1v) is 11.4. The molecule has 4 rings (SSSR count). The van der Waals surface area contributed by atoms with Crippen LogP contribution in [0.3, 0.4) is 0 Å². The number of benzene rings is 4. The molecule has 0 spiro atoms. The van der Waals surface area contributed by atoms with Crippen LogP contribution >= 0.6 is 0 Å². The summed E-state index contributed by atoms with van der Waals surface area (Å²) in [4.78, 5) is 0. The summed E-state index contributed by atoms with van der Waals surface area (Å²) in [6.07, 6.45) is -2.17. The highest BCUT2D eigenvalue weighted by Crippen LogP contribution is 2.31. The van der Waals surface area contributed by atoms with Gasteiger partial charge in [-0.2, -0.15) is 0 Å². The Morgan fingerprint density at radius 1 is 0.405 bits per heavy atom. The molecule has 0 radical (unpaired) electrons. The van der Waals surface area contributed by atoms with Crippen molar-refractivity contribution in [1.29, 1.82) is 0 Å². The summed E-state index contributed by atoms with van der Waals surface area (Å²) < 4.78 is 28.9. The minimum Gasteiger partial charge on any atom is -0.504 e. The minimum absolute atomic E-state index is 0.1000. The van der Waals surface area contributed by atoms with Crippen molar-refractivity contribution in [2.24, 2.45) is 0 Å². The quantitative estimate of drug-likeness (QED) is 0.201. The predicted octanol–water partition coefficient (Wildman–Crippen LogP) is 4.79. The molecule has 0 heterocycles. The van der Waals surface area contributed by atoms with E-state index in [1.165, 1.54) is 24.3 Å². The van der Waals surface area contributed by atoms with Crippen LogP contribution in [0.4, 0.5) is 0 Å². The van der Waals surface area contributed by atoms with E-state index in [0.717, 1.165) is 0 Å². The van der Waals surface area contributed by atoms with E-state index in [2.05, 4.69) is 0 Å². The maximum atomic E-state index is 10.1. The van der Waals surface area contributed by atoms with Gasteiger partial charge in [-0.25, -0.2) is 0 Å². The lowest BCUT2D eigenvalue weighted by molar-refractivity contribution is -0.106. The highest BCUT2D eigenvalue weighted by molar-refractivity contribution is 5.41. The maximum absolute atomic E-state index is 10.1. The van der Waals surface area contributed by atoms with E-state index in [1.54, 1.807) is 72.8 Å². The van der Waals surface area contributed by atoms with Gasteiger partial charge in [0.2, 0.25) is 0 Å². The molecule has 37 heavy (non-hydrogen) atoms. The number of phenols is 4. The first kappa shape index (κ1) is 25.3. The van der Waals surface area contributed by atoms with E-state index in [-0.39, 0.29) is 59.2 Å². The van der Waals surface area contributed by atoms with E-state index >= 15 is 0 Å². The van der Waals surface area contributed by atoms with Crippen LogP contribution in [-0.2, 0) is 4.74 Å². The van der Waals surface area contributed by atoms with Gasteiger partial charge < -0.3 is 44.1 Å². The van der Waals surface area contributed by atoms with Crippen molar-refractivity contribution in [3.63, 3.8) is 0 Å². The molecule has 0 bridgehead atoms. The van der Waals surface area contributed by atoms with E-state index in [9.17, 15) is 20.4 Å². The highest BCUT2D eigenvalue weighted by atomic mass is 16.7. The number of phenolic OH excluding ortho intramolecular Hbond substituents is 4. The smallest absolute Gasteiger partial charge is 0.264 e. The lowest BCUT2D eigenvalue weighted by Gasteiger charge is -2.24. The van der Waals surface area contributed by atoms with E-state index in [0.29, 0.717) is 0 Å². The molecule has 0 atom stereocenters. The molecule has 0 saturated heterocycles. The molecular formula is C28H26O9. The molecule has 0 aliphatic rings. The molecule has 192 valence electrons. The molecule has 9 heteroatoms. The van der Waals surface area contributed by atoms with Crippen LogP contribution in [-0.4, -0.2) is 46.2 Å². The summed E-state index contributed by atoms with van der Waals surface area (Å²) >= 11 is 0. The molecule has 0 saturated carbocycles. The summed E-state index contributed by atoms with van der Waals surface area (Å²) in [5, 5.41) is 40.5.